The van der Waals surface area contributed by atoms with Gasteiger partial charge in [0.15, 0.2) is 0 Å². The van der Waals surface area contributed by atoms with Gasteiger partial charge in [-0.3, -0.25) is 0 Å². The fourth-order valence-corrected chi connectivity index (χ4v) is 1.93. The molecule has 0 amide bonds. The fourth-order valence-electron chi connectivity index (χ4n) is 0.500. The van der Waals surface area contributed by atoms with Crippen molar-refractivity contribution in [1.29, 1.82) is 0 Å². The van der Waals surface area contributed by atoms with Crippen LogP contribution in [0.3, 0.4) is 0 Å². The summed E-state index contributed by atoms with van der Waals surface area (Å²) in [7, 11) is 0. The zero-order valence-corrected chi connectivity index (χ0v) is 10.5. The van der Waals surface area contributed by atoms with Crippen LogP contribution in [0.1, 0.15) is 26.2 Å². The molecule has 0 heterocycles. The summed E-state index contributed by atoms with van der Waals surface area (Å²) in [6, 6.07) is 0. The SMILES string of the molecule is CCCC[CH2][SnH3]. The Hall–Kier alpha value is 0.799. The summed E-state index contributed by atoms with van der Waals surface area (Å²) in [6.45, 7) is 2.26. The Bertz CT molecular complexity index is 15.9. The Kier molecular flexibility index (Phi) is 6.57. The molecular formula is C5H14Sn. The molecule has 0 N–H and O–H groups in total. The quantitative estimate of drug-likeness (QED) is 0.462. The average molecular weight is 193 g/mol. The Balaban J connectivity index is 2.34. The third-order valence-electron chi connectivity index (χ3n) is 0.957. The first-order valence-electron chi connectivity index (χ1n) is 2.91. The van der Waals surface area contributed by atoms with Crippen LogP contribution in [0.2, 0.25) is 4.44 Å². The molecule has 0 saturated heterocycles. The van der Waals surface area contributed by atoms with E-state index in [9.17, 15) is 0 Å². The maximum atomic E-state index is 2.26. The molecular weight excluding hydrogens is 179 g/mol. The zero-order valence-electron chi connectivity index (χ0n) is 4.83. The van der Waals surface area contributed by atoms with Gasteiger partial charge in [-0.15, -0.1) is 0 Å². The minimum absolute atomic E-state index is 0.979. The van der Waals surface area contributed by atoms with Crippen LogP contribution >= 0.6 is 0 Å². The fraction of sp³-hybridized carbons (Fsp3) is 1.00. The molecule has 0 nitrogen and oxygen atoms in total. The molecule has 0 radical (unpaired) electrons. The van der Waals surface area contributed by atoms with Crippen molar-refractivity contribution in [1.82, 2.24) is 0 Å². The van der Waals surface area contributed by atoms with Crippen molar-refractivity contribution in [2.24, 2.45) is 0 Å². The summed E-state index contributed by atoms with van der Waals surface area (Å²) in [4.78, 5) is 0. The molecule has 0 rings (SSSR count). The van der Waals surface area contributed by atoms with Crippen LogP contribution in [0, 0.1) is 0 Å². The van der Waals surface area contributed by atoms with Crippen molar-refractivity contribution in [3.05, 3.63) is 0 Å². The first-order valence-corrected chi connectivity index (χ1v) is 6.95. The van der Waals surface area contributed by atoms with E-state index in [1.165, 1.54) is 19.3 Å². The molecule has 0 aliphatic rings. The van der Waals surface area contributed by atoms with Crippen LogP contribution in [0.4, 0.5) is 0 Å². The first-order chi connectivity index (χ1) is 2.91. The zero-order chi connectivity index (χ0) is 4.83. The predicted octanol–water partition coefficient (Wildman–Crippen LogP) is 0.960. The molecule has 6 heavy (non-hydrogen) atoms. The molecule has 38 valence electrons. The molecule has 0 aliphatic heterocycles. The topological polar surface area (TPSA) is 0 Å². The van der Waals surface area contributed by atoms with Gasteiger partial charge in [-0.05, 0) is 0 Å². The molecule has 1 heteroatoms. The third kappa shape index (κ3) is 4.80. The van der Waals surface area contributed by atoms with Gasteiger partial charge in [0, 0.05) is 0 Å². The number of hydrogen-bond acceptors (Lipinski definition) is 0. The molecule has 0 aromatic carbocycles. The maximum absolute atomic E-state index is 2.26. The van der Waals surface area contributed by atoms with Gasteiger partial charge in [0.2, 0.25) is 0 Å². The number of rotatable bonds is 3. The summed E-state index contributed by atoms with van der Waals surface area (Å²) >= 11 is 0.979. The van der Waals surface area contributed by atoms with E-state index < -0.39 is 0 Å². The van der Waals surface area contributed by atoms with E-state index in [-0.39, 0.29) is 0 Å². The van der Waals surface area contributed by atoms with Gasteiger partial charge >= 0.3 is 53.1 Å². The van der Waals surface area contributed by atoms with Gasteiger partial charge in [0.1, 0.15) is 0 Å². The average Bonchev–Trinajstić information content (AvgIpc) is 1.61. The summed E-state index contributed by atoms with van der Waals surface area (Å²) in [5.74, 6) is 0. The second kappa shape index (κ2) is 5.80. The molecule has 0 unspecified atom stereocenters. The van der Waals surface area contributed by atoms with Crippen molar-refractivity contribution >= 4 is 22.5 Å². The van der Waals surface area contributed by atoms with Crippen LogP contribution in [0.5, 0.6) is 0 Å². The Morgan fingerprint density at radius 3 is 2.17 bits per heavy atom. The molecule has 0 atom stereocenters. The van der Waals surface area contributed by atoms with Crippen LogP contribution in [0.25, 0.3) is 0 Å². The number of hydrogen-bond donors (Lipinski definition) is 0. The van der Waals surface area contributed by atoms with Crippen LogP contribution < -0.4 is 0 Å². The van der Waals surface area contributed by atoms with E-state index in [0.29, 0.717) is 0 Å². The van der Waals surface area contributed by atoms with Crippen molar-refractivity contribution in [3.8, 4) is 0 Å². The van der Waals surface area contributed by atoms with Crippen LogP contribution in [-0.2, 0) is 0 Å². The minimum atomic E-state index is 0.979. The van der Waals surface area contributed by atoms with Gasteiger partial charge in [-0.2, -0.15) is 0 Å². The summed E-state index contributed by atoms with van der Waals surface area (Å²) in [5.41, 5.74) is 0. The predicted molar refractivity (Wildman–Crippen MR) is 34.3 cm³/mol. The Labute approximate surface area is 53.4 Å². The second-order valence-corrected chi connectivity index (χ2v) is 4.56. The third-order valence-corrected chi connectivity index (χ3v) is 2.98. The van der Waals surface area contributed by atoms with Crippen LogP contribution in [-0.4, -0.2) is 22.5 Å². The van der Waals surface area contributed by atoms with Gasteiger partial charge in [0.25, 0.3) is 0 Å². The van der Waals surface area contributed by atoms with Crippen molar-refractivity contribution in [2.75, 3.05) is 0 Å². The van der Waals surface area contributed by atoms with E-state index in [4.69, 9.17) is 0 Å². The molecule has 0 fully saturated rings. The Morgan fingerprint density at radius 1 is 1.33 bits per heavy atom. The second-order valence-electron chi connectivity index (χ2n) is 1.71. The van der Waals surface area contributed by atoms with Gasteiger partial charge in [-0.25, -0.2) is 0 Å². The molecule has 0 spiro atoms. The summed E-state index contributed by atoms with van der Waals surface area (Å²) < 4.78 is 1.56. The normalized spacial score (nSPS) is 9.50. The van der Waals surface area contributed by atoms with E-state index in [1.807, 2.05) is 0 Å². The molecule has 0 bridgehead atoms. The van der Waals surface area contributed by atoms with Crippen molar-refractivity contribution < 1.29 is 0 Å². The first kappa shape index (κ1) is 6.80. The molecule has 0 aliphatic carbocycles. The van der Waals surface area contributed by atoms with E-state index in [0.717, 1.165) is 22.5 Å². The van der Waals surface area contributed by atoms with E-state index >= 15 is 0 Å². The molecule has 0 aromatic rings. The van der Waals surface area contributed by atoms with Crippen molar-refractivity contribution in [3.63, 3.8) is 0 Å². The number of unbranched alkanes of at least 4 members (excludes halogenated alkanes) is 2. The summed E-state index contributed by atoms with van der Waals surface area (Å²) in [6.07, 6.45) is 4.36. The van der Waals surface area contributed by atoms with Gasteiger partial charge in [-0.1, -0.05) is 0 Å². The standard InChI is InChI=1S/C5H11.Sn.3H/c1-3-5-4-2;;;;/h1,3-5H2,2H3;;;;. The van der Waals surface area contributed by atoms with Crippen LogP contribution in [0.15, 0.2) is 0 Å². The summed E-state index contributed by atoms with van der Waals surface area (Å²) in [5, 5.41) is 0. The van der Waals surface area contributed by atoms with E-state index in [1.54, 1.807) is 4.44 Å². The van der Waals surface area contributed by atoms with Gasteiger partial charge in [0.05, 0.1) is 0 Å². The Morgan fingerprint density at radius 2 is 2.00 bits per heavy atom. The van der Waals surface area contributed by atoms with E-state index in [2.05, 4.69) is 6.92 Å². The molecule has 0 saturated carbocycles. The molecule has 0 aromatic heterocycles. The monoisotopic (exact) mass is 194 g/mol. The van der Waals surface area contributed by atoms with Gasteiger partial charge < -0.3 is 0 Å². The van der Waals surface area contributed by atoms with Crippen molar-refractivity contribution in [2.45, 2.75) is 30.6 Å².